The van der Waals surface area contributed by atoms with E-state index in [1.807, 2.05) is 0 Å². The molecule has 112 valence electrons. The van der Waals surface area contributed by atoms with Crippen LogP contribution in [0.15, 0.2) is 18.2 Å². The van der Waals surface area contributed by atoms with Crippen molar-refractivity contribution >= 4 is 29.1 Å². The van der Waals surface area contributed by atoms with Crippen LogP contribution in [0.1, 0.15) is 6.42 Å². The molecule has 0 saturated carbocycles. The maximum Gasteiger partial charge on any atom is 0.390 e. The number of nitrogens with zero attached hydrogens (tertiary/aromatic N) is 1. The van der Waals surface area contributed by atoms with Gasteiger partial charge in [0, 0.05) is 19.7 Å². The molecule has 0 aliphatic heterocycles. The van der Waals surface area contributed by atoms with E-state index in [1.54, 1.807) is 0 Å². The van der Waals surface area contributed by atoms with E-state index in [0.29, 0.717) is 10.8 Å². The van der Waals surface area contributed by atoms with Gasteiger partial charge in [-0.15, -0.1) is 0 Å². The topological polar surface area (TPSA) is 29.5 Å². The number of hydrogen-bond donors (Lipinski definition) is 0. The summed E-state index contributed by atoms with van der Waals surface area (Å²) < 4.78 is 41.2. The second-order valence-electron chi connectivity index (χ2n) is 4.05. The van der Waals surface area contributed by atoms with Gasteiger partial charge in [-0.25, -0.2) is 0 Å². The molecule has 0 unspecified atom stereocenters. The van der Waals surface area contributed by atoms with E-state index in [-0.39, 0.29) is 11.6 Å². The van der Waals surface area contributed by atoms with Crippen LogP contribution in [0.3, 0.4) is 0 Å². The predicted octanol–water partition coefficient (Wildman–Crippen LogP) is 3.78. The Morgan fingerprint density at radius 2 is 1.95 bits per heavy atom. The minimum atomic E-state index is -4.29. The molecule has 0 bridgehead atoms. The first-order valence-electron chi connectivity index (χ1n) is 5.57. The van der Waals surface area contributed by atoms with Crippen LogP contribution >= 0.6 is 23.2 Å². The fraction of sp³-hybridized carbons (Fsp3) is 0.417. The first kappa shape index (κ1) is 16.9. The molecule has 20 heavy (non-hydrogen) atoms. The lowest BCUT2D eigenvalue weighted by molar-refractivity contribution is -0.145. The van der Waals surface area contributed by atoms with Gasteiger partial charge in [0.1, 0.15) is 5.75 Å². The molecule has 0 N–H and O–H groups in total. The zero-order valence-electron chi connectivity index (χ0n) is 10.5. The smallest absolute Gasteiger partial charge is 0.390 e. The zero-order valence-corrected chi connectivity index (χ0v) is 12.0. The summed E-state index contributed by atoms with van der Waals surface area (Å²) in [5, 5.41) is 0.606. The molecular formula is C12H12Cl2F3NO2. The number of alkyl halides is 3. The van der Waals surface area contributed by atoms with E-state index in [1.165, 1.54) is 25.2 Å². The average molecular weight is 330 g/mol. The number of amides is 1. The molecule has 1 amide bonds. The summed E-state index contributed by atoms with van der Waals surface area (Å²) in [5.74, 6) is -0.239. The standard InChI is InChI=1S/C12H12Cl2F3NO2/c1-18(5-4-12(15,16)17)11(19)7-20-8-2-3-9(13)10(14)6-8/h2-3,6H,4-5,7H2,1H3. The molecule has 0 saturated heterocycles. The Morgan fingerprint density at radius 3 is 2.50 bits per heavy atom. The number of carbonyl (C=O) groups is 1. The van der Waals surface area contributed by atoms with E-state index >= 15 is 0 Å². The highest BCUT2D eigenvalue weighted by Crippen LogP contribution is 2.26. The number of hydrogen-bond acceptors (Lipinski definition) is 2. The molecule has 0 atom stereocenters. The van der Waals surface area contributed by atoms with Gasteiger partial charge in [-0.1, -0.05) is 23.2 Å². The normalized spacial score (nSPS) is 11.3. The monoisotopic (exact) mass is 329 g/mol. The maximum atomic E-state index is 12.0. The molecule has 0 aliphatic carbocycles. The van der Waals surface area contributed by atoms with E-state index in [9.17, 15) is 18.0 Å². The number of ether oxygens (including phenoxy) is 1. The summed E-state index contributed by atoms with van der Waals surface area (Å²) in [6, 6.07) is 4.43. The van der Waals surface area contributed by atoms with Crippen molar-refractivity contribution in [3.05, 3.63) is 28.2 Å². The summed E-state index contributed by atoms with van der Waals surface area (Å²) in [6.07, 6.45) is -5.35. The van der Waals surface area contributed by atoms with Gasteiger partial charge in [-0.05, 0) is 12.1 Å². The Balaban J connectivity index is 2.44. The Labute approximate surface area is 124 Å². The molecule has 0 spiro atoms. The Hall–Kier alpha value is -1.14. The molecule has 8 heteroatoms. The second kappa shape index (κ2) is 7.04. The highest BCUT2D eigenvalue weighted by atomic mass is 35.5. The average Bonchev–Trinajstić information content (AvgIpc) is 2.36. The van der Waals surface area contributed by atoms with Crippen LogP contribution in [-0.4, -0.2) is 37.2 Å². The minimum Gasteiger partial charge on any atom is -0.484 e. The van der Waals surface area contributed by atoms with Crippen molar-refractivity contribution in [1.82, 2.24) is 4.90 Å². The Bertz CT molecular complexity index is 480. The molecule has 3 nitrogen and oxygen atoms in total. The van der Waals surface area contributed by atoms with Crippen LogP contribution in [0.25, 0.3) is 0 Å². The highest BCUT2D eigenvalue weighted by molar-refractivity contribution is 6.42. The third-order valence-electron chi connectivity index (χ3n) is 2.41. The summed E-state index contributed by atoms with van der Waals surface area (Å²) in [4.78, 5) is 12.5. The van der Waals surface area contributed by atoms with Crippen molar-refractivity contribution in [2.45, 2.75) is 12.6 Å². The van der Waals surface area contributed by atoms with Crippen molar-refractivity contribution in [3.8, 4) is 5.75 Å². The first-order valence-corrected chi connectivity index (χ1v) is 6.33. The van der Waals surface area contributed by atoms with Crippen molar-refractivity contribution in [3.63, 3.8) is 0 Å². The number of benzene rings is 1. The van der Waals surface area contributed by atoms with Crippen LogP contribution < -0.4 is 4.74 Å². The van der Waals surface area contributed by atoms with Crippen molar-refractivity contribution < 1.29 is 22.7 Å². The van der Waals surface area contributed by atoms with E-state index in [4.69, 9.17) is 27.9 Å². The molecule has 1 rings (SSSR count). The number of carbonyl (C=O) groups excluding carboxylic acids is 1. The van der Waals surface area contributed by atoms with E-state index in [2.05, 4.69) is 0 Å². The maximum absolute atomic E-state index is 12.0. The fourth-order valence-electron chi connectivity index (χ4n) is 1.24. The third kappa shape index (κ3) is 5.88. The quantitative estimate of drug-likeness (QED) is 0.822. The van der Waals surface area contributed by atoms with Gasteiger partial charge in [-0.3, -0.25) is 4.79 Å². The first-order chi connectivity index (χ1) is 9.19. The molecule has 1 aromatic carbocycles. The Morgan fingerprint density at radius 1 is 1.30 bits per heavy atom. The van der Waals surface area contributed by atoms with Gasteiger partial charge in [0.25, 0.3) is 5.91 Å². The molecule has 1 aromatic rings. The van der Waals surface area contributed by atoms with Gasteiger partial charge >= 0.3 is 6.18 Å². The lowest BCUT2D eigenvalue weighted by Gasteiger charge is -2.18. The summed E-state index contributed by atoms with van der Waals surface area (Å²) in [5.41, 5.74) is 0. The van der Waals surface area contributed by atoms with Crippen LogP contribution in [0.2, 0.25) is 10.0 Å². The molecule has 0 heterocycles. The van der Waals surface area contributed by atoms with Crippen molar-refractivity contribution in [1.29, 1.82) is 0 Å². The largest absolute Gasteiger partial charge is 0.484 e. The lowest BCUT2D eigenvalue weighted by Crippen LogP contribution is -2.34. The SMILES string of the molecule is CN(CCC(F)(F)F)C(=O)COc1ccc(Cl)c(Cl)c1. The van der Waals surface area contributed by atoms with Crippen LogP contribution in [0.5, 0.6) is 5.75 Å². The van der Waals surface area contributed by atoms with Gasteiger partial charge in [0.05, 0.1) is 16.5 Å². The van der Waals surface area contributed by atoms with Gasteiger partial charge in [0.15, 0.2) is 6.61 Å². The van der Waals surface area contributed by atoms with Crippen molar-refractivity contribution in [2.24, 2.45) is 0 Å². The highest BCUT2D eigenvalue weighted by Gasteiger charge is 2.28. The van der Waals surface area contributed by atoms with Crippen LogP contribution in [0, 0.1) is 0 Å². The predicted molar refractivity (Wildman–Crippen MR) is 70.3 cm³/mol. The van der Waals surface area contributed by atoms with E-state index in [0.717, 1.165) is 4.90 Å². The van der Waals surface area contributed by atoms with Gasteiger partial charge in [-0.2, -0.15) is 13.2 Å². The van der Waals surface area contributed by atoms with Crippen LogP contribution in [0.4, 0.5) is 13.2 Å². The van der Waals surface area contributed by atoms with E-state index < -0.39 is 25.0 Å². The fourth-order valence-corrected chi connectivity index (χ4v) is 1.53. The van der Waals surface area contributed by atoms with Gasteiger partial charge in [0.2, 0.25) is 0 Å². The third-order valence-corrected chi connectivity index (χ3v) is 3.15. The number of likely N-dealkylation sites (N-methyl/N-ethyl adjacent to an activating group) is 1. The Kier molecular flexibility index (Phi) is 5.95. The number of halogens is 5. The van der Waals surface area contributed by atoms with Gasteiger partial charge < -0.3 is 9.64 Å². The zero-order chi connectivity index (χ0) is 15.3. The van der Waals surface area contributed by atoms with Crippen LogP contribution in [-0.2, 0) is 4.79 Å². The summed E-state index contributed by atoms with van der Waals surface area (Å²) in [7, 11) is 1.28. The minimum absolute atomic E-state index is 0.266. The summed E-state index contributed by atoms with van der Waals surface area (Å²) >= 11 is 11.5. The summed E-state index contributed by atoms with van der Waals surface area (Å²) in [6.45, 7) is -0.778. The van der Waals surface area contributed by atoms with Crippen molar-refractivity contribution in [2.75, 3.05) is 20.2 Å². The molecular weight excluding hydrogens is 318 g/mol. The number of rotatable bonds is 5. The molecule has 0 fully saturated rings. The molecule has 0 aromatic heterocycles. The molecule has 0 aliphatic rings. The second-order valence-corrected chi connectivity index (χ2v) is 4.86. The lowest BCUT2D eigenvalue weighted by atomic mass is 10.3. The molecule has 0 radical (unpaired) electrons.